The minimum absolute atomic E-state index is 0.595. The van der Waals surface area contributed by atoms with Crippen molar-refractivity contribution in [3.63, 3.8) is 0 Å². The molecule has 18 heavy (non-hydrogen) atoms. The SMILES string of the molecule is CCCCN(CCCC)c1ncc(Br)c(OC)n1. The van der Waals surface area contributed by atoms with E-state index in [2.05, 4.69) is 44.6 Å². The molecule has 0 saturated carbocycles. The molecule has 0 aliphatic rings. The molecule has 0 saturated heterocycles. The number of methoxy groups -OCH3 is 1. The quantitative estimate of drug-likeness (QED) is 0.734. The molecule has 1 aromatic heterocycles. The minimum Gasteiger partial charge on any atom is -0.480 e. The van der Waals surface area contributed by atoms with E-state index in [0.29, 0.717) is 5.88 Å². The Morgan fingerprint density at radius 3 is 2.33 bits per heavy atom. The average Bonchev–Trinajstić information content (AvgIpc) is 2.40. The van der Waals surface area contributed by atoms with E-state index in [0.717, 1.165) is 36.4 Å². The molecule has 0 bridgehead atoms. The van der Waals surface area contributed by atoms with Crippen LogP contribution in [-0.2, 0) is 0 Å². The van der Waals surface area contributed by atoms with Gasteiger partial charge in [-0.2, -0.15) is 4.98 Å². The van der Waals surface area contributed by atoms with E-state index in [-0.39, 0.29) is 0 Å². The Balaban J connectivity index is 2.82. The molecule has 5 heteroatoms. The number of halogens is 1. The lowest BCUT2D eigenvalue weighted by atomic mass is 10.3. The lowest BCUT2D eigenvalue weighted by Gasteiger charge is -2.22. The largest absolute Gasteiger partial charge is 0.480 e. The molecule has 0 fully saturated rings. The van der Waals surface area contributed by atoms with Gasteiger partial charge in [-0.1, -0.05) is 26.7 Å². The minimum atomic E-state index is 0.595. The van der Waals surface area contributed by atoms with E-state index in [1.165, 1.54) is 12.8 Å². The third-order valence-corrected chi connectivity index (χ3v) is 3.28. The Morgan fingerprint density at radius 2 is 1.83 bits per heavy atom. The van der Waals surface area contributed by atoms with Crippen LogP contribution in [0.1, 0.15) is 39.5 Å². The highest BCUT2D eigenvalue weighted by Crippen LogP contribution is 2.23. The molecule has 0 atom stereocenters. The van der Waals surface area contributed by atoms with Gasteiger partial charge in [-0.05, 0) is 28.8 Å². The summed E-state index contributed by atoms with van der Waals surface area (Å²) in [6.07, 6.45) is 6.43. The van der Waals surface area contributed by atoms with Gasteiger partial charge in [0.2, 0.25) is 11.8 Å². The standard InChI is InChI=1S/C13H22BrN3O/c1-4-6-8-17(9-7-5-2)13-15-10-11(14)12(16-13)18-3/h10H,4-9H2,1-3H3. The van der Waals surface area contributed by atoms with Crippen LogP contribution in [0.15, 0.2) is 10.7 Å². The molecule has 0 unspecified atom stereocenters. The predicted octanol–water partition coefficient (Wildman–Crippen LogP) is 3.65. The van der Waals surface area contributed by atoms with Crippen LogP contribution in [0.5, 0.6) is 5.88 Å². The van der Waals surface area contributed by atoms with E-state index >= 15 is 0 Å². The van der Waals surface area contributed by atoms with Gasteiger partial charge in [-0.3, -0.25) is 0 Å². The van der Waals surface area contributed by atoms with Crippen molar-refractivity contribution < 1.29 is 4.74 Å². The van der Waals surface area contributed by atoms with E-state index in [1.807, 2.05) is 0 Å². The fourth-order valence-electron chi connectivity index (χ4n) is 1.65. The number of rotatable bonds is 8. The van der Waals surface area contributed by atoms with Crippen LogP contribution < -0.4 is 9.64 Å². The lowest BCUT2D eigenvalue weighted by molar-refractivity contribution is 0.393. The first kappa shape index (κ1) is 15.2. The molecule has 0 amide bonds. The number of anilines is 1. The Kier molecular flexibility index (Phi) is 7.01. The zero-order valence-electron chi connectivity index (χ0n) is 11.4. The molecular weight excluding hydrogens is 294 g/mol. The molecule has 0 aliphatic carbocycles. The second kappa shape index (κ2) is 8.29. The van der Waals surface area contributed by atoms with Crippen molar-refractivity contribution in [2.45, 2.75) is 39.5 Å². The Labute approximate surface area is 118 Å². The molecule has 0 spiro atoms. The topological polar surface area (TPSA) is 38.2 Å². The van der Waals surface area contributed by atoms with Crippen LogP contribution in [0.25, 0.3) is 0 Å². The molecule has 1 aromatic rings. The fourth-order valence-corrected chi connectivity index (χ4v) is 2.00. The maximum atomic E-state index is 5.22. The molecule has 0 radical (unpaired) electrons. The lowest BCUT2D eigenvalue weighted by Crippen LogP contribution is -2.27. The highest BCUT2D eigenvalue weighted by molar-refractivity contribution is 9.10. The van der Waals surface area contributed by atoms with Crippen molar-refractivity contribution in [3.8, 4) is 5.88 Å². The molecule has 1 heterocycles. The summed E-state index contributed by atoms with van der Waals surface area (Å²) in [6.45, 7) is 6.39. The van der Waals surface area contributed by atoms with Crippen molar-refractivity contribution in [1.29, 1.82) is 0 Å². The van der Waals surface area contributed by atoms with Gasteiger partial charge in [0, 0.05) is 13.1 Å². The summed E-state index contributed by atoms with van der Waals surface area (Å²) in [7, 11) is 1.62. The first-order valence-corrected chi connectivity index (χ1v) is 7.33. The van der Waals surface area contributed by atoms with Crippen molar-refractivity contribution >= 4 is 21.9 Å². The van der Waals surface area contributed by atoms with Crippen LogP contribution in [0.3, 0.4) is 0 Å². The Bertz CT molecular complexity index is 352. The van der Waals surface area contributed by atoms with Crippen molar-refractivity contribution in [3.05, 3.63) is 10.7 Å². The Hall–Kier alpha value is -0.840. The number of aromatic nitrogens is 2. The zero-order chi connectivity index (χ0) is 13.4. The molecule has 0 aliphatic heterocycles. The maximum absolute atomic E-state index is 5.22. The summed E-state index contributed by atoms with van der Waals surface area (Å²) in [5, 5.41) is 0. The third-order valence-electron chi connectivity index (χ3n) is 2.74. The first-order valence-electron chi connectivity index (χ1n) is 6.54. The third kappa shape index (κ3) is 4.44. The fraction of sp³-hybridized carbons (Fsp3) is 0.692. The van der Waals surface area contributed by atoms with Gasteiger partial charge >= 0.3 is 0 Å². The summed E-state index contributed by atoms with van der Waals surface area (Å²) < 4.78 is 6.01. The number of hydrogen-bond acceptors (Lipinski definition) is 4. The summed E-state index contributed by atoms with van der Waals surface area (Å²) in [5.41, 5.74) is 0. The van der Waals surface area contributed by atoms with Gasteiger partial charge in [-0.15, -0.1) is 0 Å². The molecular formula is C13H22BrN3O. The molecule has 102 valence electrons. The van der Waals surface area contributed by atoms with E-state index < -0.39 is 0 Å². The number of ether oxygens (including phenoxy) is 1. The molecule has 1 rings (SSSR count). The van der Waals surface area contributed by atoms with E-state index in [1.54, 1.807) is 13.3 Å². The van der Waals surface area contributed by atoms with Gasteiger partial charge < -0.3 is 9.64 Å². The second-order valence-electron chi connectivity index (χ2n) is 4.22. The zero-order valence-corrected chi connectivity index (χ0v) is 13.0. The summed E-state index contributed by atoms with van der Waals surface area (Å²) in [5.74, 6) is 1.36. The van der Waals surface area contributed by atoms with Crippen LogP contribution >= 0.6 is 15.9 Å². The molecule has 0 N–H and O–H groups in total. The van der Waals surface area contributed by atoms with Crippen molar-refractivity contribution in [2.24, 2.45) is 0 Å². The molecule has 0 aromatic carbocycles. The van der Waals surface area contributed by atoms with Gasteiger partial charge in [0.25, 0.3) is 0 Å². The predicted molar refractivity (Wildman–Crippen MR) is 78.3 cm³/mol. The normalized spacial score (nSPS) is 10.4. The highest BCUT2D eigenvalue weighted by Gasteiger charge is 2.11. The number of nitrogens with zero attached hydrogens (tertiary/aromatic N) is 3. The smallest absolute Gasteiger partial charge is 0.232 e. The van der Waals surface area contributed by atoms with E-state index in [9.17, 15) is 0 Å². The maximum Gasteiger partial charge on any atom is 0.232 e. The van der Waals surface area contributed by atoms with Gasteiger partial charge in [-0.25, -0.2) is 4.98 Å². The van der Waals surface area contributed by atoms with Gasteiger partial charge in [0.15, 0.2) is 0 Å². The second-order valence-corrected chi connectivity index (χ2v) is 5.08. The van der Waals surface area contributed by atoms with E-state index in [4.69, 9.17) is 4.74 Å². The number of unbranched alkanes of at least 4 members (excludes halogenated alkanes) is 2. The Morgan fingerprint density at radius 1 is 1.22 bits per heavy atom. The van der Waals surface area contributed by atoms with Crippen LogP contribution in [-0.4, -0.2) is 30.2 Å². The van der Waals surface area contributed by atoms with Gasteiger partial charge in [0.1, 0.15) is 0 Å². The van der Waals surface area contributed by atoms with Crippen molar-refractivity contribution in [2.75, 3.05) is 25.1 Å². The van der Waals surface area contributed by atoms with Gasteiger partial charge in [0.05, 0.1) is 17.8 Å². The average molecular weight is 316 g/mol. The van der Waals surface area contributed by atoms with Crippen molar-refractivity contribution in [1.82, 2.24) is 9.97 Å². The number of hydrogen-bond donors (Lipinski definition) is 0. The van der Waals surface area contributed by atoms with Crippen LogP contribution in [0.4, 0.5) is 5.95 Å². The molecule has 4 nitrogen and oxygen atoms in total. The summed E-state index contributed by atoms with van der Waals surface area (Å²) in [4.78, 5) is 11.1. The highest BCUT2D eigenvalue weighted by atomic mass is 79.9. The van der Waals surface area contributed by atoms with Crippen LogP contribution in [0.2, 0.25) is 0 Å². The monoisotopic (exact) mass is 315 g/mol. The summed E-state index contributed by atoms with van der Waals surface area (Å²) >= 11 is 3.38. The summed E-state index contributed by atoms with van der Waals surface area (Å²) in [6, 6.07) is 0. The first-order chi connectivity index (χ1) is 8.72. The van der Waals surface area contributed by atoms with Crippen LogP contribution in [0, 0.1) is 0 Å².